The third kappa shape index (κ3) is 1.48. The molecule has 0 amide bonds. The third-order valence-electron chi connectivity index (χ3n) is 3.77. The molecule has 0 N–H and O–H groups in total. The van der Waals surface area contributed by atoms with Crippen LogP contribution in [0.25, 0.3) is 0 Å². The summed E-state index contributed by atoms with van der Waals surface area (Å²) in [5.74, 6) is 0. The summed E-state index contributed by atoms with van der Waals surface area (Å²) >= 11 is 0. The van der Waals surface area contributed by atoms with Gasteiger partial charge in [0.25, 0.3) is 0 Å². The normalized spacial score (nSPS) is 27.1. The molecular weight excluding hydrogens is 198 g/mol. The second-order valence-corrected chi connectivity index (χ2v) is 7.52. The molecule has 0 unspecified atom stereocenters. The van der Waals surface area contributed by atoms with E-state index in [-0.39, 0.29) is 5.25 Å². The van der Waals surface area contributed by atoms with Crippen molar-refractivity contribution in [2.75, 3.05) is 13.1 Å². The molecule has 1 heterocycles. The van der Waals surface area contributed by atoms with E-state index in [1.54, 1.807) is 18.2 Å². The highest BCUT2D eigenvalue weighted by Gasteiger charge is 2.46. The quantitative estimate of drug-likeness (QED) is 0.704. The first kappa shape index (κ1) is 10.4. The van der Waals surface area contributed by atoms with E-state index < -0.39 is 10.0 Å². The van der Waals surface area contributed by atoms with Crippen LogP contribution in [0.2, 0.25) is 0 Å². The van der Waals surface area contributed by atoms with Crippen molar-refractivity contribution in [3.05, 3.63) is 0 Å². The van der Waals surface area contributed by atoms with E-state index in [1.807, 2.05) is 0 Å². The third-order valence-corrected chi connectivity index (χ3v) is 6.00. The molecule has 3 nitrogen and oxygen atoms in total. The second-order valence-electron chi connectivity index (χ2n) is 5.03. The predicted octanol–water partition coefficient (Wildman–Crippen LogP) is 1.60. The van der Waals surface area contributed by atoms with Crippen LogP contribution in [0.4, 0.5) is 0 Å². The fourth-order valence-corrected chi connectivity index (χ4v) is 3.89. The first-order chi connectivity index (χ1) is 6.46. The summed E-state index contributed by atoms with van der Waals surface area (Å²) in [4.78, 5) is 0. The largest absolute Gasteiger partial charge is 0.216 e. The van der Waals surface area contributed by atoms with Crippen LogP contribution in [0.5, 0.6) is 0 Å². The Hall–Kier alpha value is -0.0900. The van der Waals surface area contributed by atoms with Gasteiger partial charge in [-0.3, -0.25) is 0 Å². The maximum atomic E-state index is 11.9. The van der Waals surface area contributed by atoms with E-state index >= 15 is 0 Å². The van der Waals surface area contributed by atoms with Gasteiger partial charge in [0.2, 0.25) is 10.0 Å². The summed E-state index contributed by atoms with van der Waals surface area (Å²) in [5, 5.41) is -0.266. The topological polar surface area (TPSA) is 37.4 Å². The summed E-state index contributed by atoms with van der Waals surface area (Å²) in [5.41, 5.74) is 0.377. The molecule has 0 aromatic carbocycles. The molecule has 82 valence electrons. The number of sulfonamides is 1. The Bertz CT molecular complexity index is 317. The molecule has 0 atom stereocenters. The van der Waals surface area contributed by atoms with Crippen molar-refractivity contribution in [1.82, 2.24) is 4.31 Å². The average Bonchev–Trinajstić information content (AvgIpc) is 2.47. The molecule has 0 bridgehead atoms. The van der Waals surface area contributed by atoms with Crippen molar-refractivity contribution in [3.8, 4) is 0 Å². The monoisotopic (exact) mass is 217 g/mol. The summed E-state index contributed by atoms with van der Waals surface area (Å²) in [6.45, 7) is 5.07. The highest BCUT2D eigenvalue weighted by atomic mass is 32.2. The van der Waals surface area contributed by atoms with E-state index in [4.69, 9.17) is 0 Å². The van der Waals surface area contributed by atoms with Crippen LogP contribution in [0.1, 0.15) is 39.5 Å². The van der Waals surface area contributed by atoms with Gasteiger partial charge in [-0.1, -0.05) is 6.42 Å². The summed E-state index contributed by atoms with van der Waals surface area (Å²) in [7, 11) is -2.99. The van der Waals surface area contributed by atoms with Gasteiger partial charge >= 0.3 is 0 Å². The van der Waals surface area contributed by atoms with Crippen molar-refractivity contribution in [2.24, 2.45) is 5.41 Å². The maximum absolute atomic E-state index is 11.9. The Morgan fingerprint density at radius 1 is 1.21 bits per heavy atom. The Balaban J connectivity index is 2.09. The van der Waals surface area contributed by atoms with Gasteiger partial charge in [0, 0.05) is 13.1 Å². The molecule has 1 saturated carbocycles. The minimum absolute atomic E-state index is 0.266. The molecule has 0 radical (unpaired) electrons. The Kier molecular flexibility index (Phi) is 2.39. The molecule has 1 spiro atoms. The molecule has 2 rings (SSSR count). The minimum atomic E-state index is -2.99. The van der Waals surface area contributed by atoms with Crippen LogP contribution in [0, 0.1) is 5.41 Å². The molecular formula is C10H19NO2S. The first-order valence-electron chi connectivity index (χ1n) is 5.45. The second kappa shape index (κ2) is 3.20. The molecule has 1 aliphatic carbocycles. The van der Waals surface area contributed by atoms with Gasteiger partial charge < -0.3 is 0 Å². The zero-order chi connectivity index (χ0) is 10.4. The van der Waals surface area contributed by atoms with Crippen LogP contribution in [-0.2, 0) is 10.0 Å². The number of hydrogen-bond donors (Lipinski definition) is 0. The molecule has 2 aliphatic rings. The lowest BCUT2D eigenvalue weighted by atomic mass is 9.68. The molecule has 4 heteroatoms. The molecule has 2 fully saturated rings. The lowest BCUT2D eigenvalue weighted by molar-refractivity contribution is 0.153. The number of rotatable bonds is 2. The van der Waals surface area contributed by atoms with E-state index in [0.717, 1.165) is 19.5 Å². The van der Waals surface area contributed by atoms with Gasteiger partial charge in [0.15, 0.2) is 0 Å². The zero-order valence-corrected chi connectivity index (χ0v) is 9.81. The van der Waals surface area contributed by atoms with E-state index in [9.17, 15) is 8.42 Å². The lowest BCUT2D eigenvalue weighted by Gasteiger charge is -2.38. The summed E-state index contributed by atoms with van der Waals surface area (Å²) < 4.78 is 25.5. The molecule has 1 aliphatic heterocycles. The smallest absolute Gasteiger partial charge is 0.212 e. The fourth-order valence-electron chi connectivity index (χ4n) is 2.49. The van der Waals surface area contributed by atoms with Gasteiger partial charge in [0.05, 0.1) is 5.25 Å². The van der Waals surface area contributed by atoms with Gasteiger partial charge in [-0.2, -0.15) is 0 Å². The maximum Gasteiger partial charge on any atom is 0.216 e. The Labute approximate surface area is 86.5 Å². The zero-order valence-electron chi connectivity index (χ0n) is 8.99. The van der Waals surface area contributed by atoms with Crippen molar-refractivity contribution < 1.29 is 8.42 Å². The minimum Gasteiger partial charge on any atom is -0.212 e. The van der Waals surface area contributed by atoms with Crippen LogP contribution in [-0.4, -0.2) is 31.1 Å². The Morgan fingerprint density at radius 2 is 1.86 bits per heavy atom. The Morgan fingerprint density at radius 3 is 2.21 bits per heavy atom. The highest BCUT2D eigenvalue weighted by molar-refractivity contribution is 7.89. The van der Waals surface area contributed by atoms with E-state index in [2.05, 4.69) is 0 Å². The van der Waals surface area contributed by atoms with Crippen LogP contribution in [0.15, 0.2) is 0 Å². The average molecular weight is 217 g/mol. The van der Waals surface area contributed by atoms with Crippen molar-refractivity contribution in [1.29, 1.82) is 0 Å². The van der Waals surface area contributed by atoms with Gasteiger partial charge in [-0.05, 0) is 38.5 Å². The molecule has 14 heavy (non-hydrogen) atoms. The van der Waals surface area contributed by atoms with E-state index in [1.165, 1.54) is 19.3 Å². The van der Waals surface area contributed by atoms with Crippen LogP contribution in [0.3, 0.4) is 0 Å². The number of hydrogen-bond acceptors (Lipinski definition) is 2. The summed E-state index contributed by atoms with van der Waals surface area (Å²) in [6, 6.07) is 0. The van der Waals surface area contributed by atoms with Crippen LogP contribution < -0.4 is 0 Å². The first-order valence-corrected chi connectivity index (χ1v) is 6.96. The van der Waals surface area contributed by atoms with Gasteiger partial charge in [-0.15, -0.1) is 0 Å². The SMILES string of the molecule is CC(C)S(=O)(=O)N1CCC2(CCC2)C1. The van der Waals surface area contributed by atoms with E-state index in [0.29, 0.717) is 5.41 Å². The van der Waals surface area contributed by atoms with Gasteiger partial charge in [0.1, 0.15) is 0 Å². The van der Waals surface area contributed by atoms with Crippen molar-refractivity contribution in [3.63, 3.8) is 0 Å². The lowest BCUT2D eigenvalue weighted by Crippen LogP contribution is -2.38. The molecule has 0 aromatic rings. The highest BCUT2D eigenvalue weighted by Crippen LogP contribution is 2.48. The predicted molar refractivity (Wildman–Crippen MR) is 56.5 cm³/mol. The fraction of sp³-hybridized carbons (Fsp3) is 1.00. The van der Waals surface area contributed by atoms with Crippen molar-refractivity contribution >= 4 is 10.0 Å². The molecule has 1 saturated heterocycles. The number of nitrogens with zero attached hydrogens (tertiary/aromatic N) is 1. The summed E-state index contributed by atoms with van der Waals surface area (Å²) in [6.07, 6.45) is 4.84. The standard InChI is InChI=1S/C10H19NO2S/c1-9(2)14(12,13)11-7-6-10(8-11)4-3-5-10/h9H,3-8H2,1-2H3. The van der Waals surface area contributed by atoms with Gasteiger partial charge in [-0.25, -0.2) is 12.7 Å². The van der Waals surface area contributed by atoms with Crippen LogP contribution >= 0.6 is 0 Å². The molecule has 0 aromatic heterocycles. The van der Waals surface area contributed by atoms with Crippen molar-refractivity contribution in [2.45, 2.75) is 44.8 Å².